The highest BCUT2D eigenvalue weighted by Crippen LogP contribution is 2.36. The third-order valence-electron chi connectivity index (χ3n) is 4.42. The number of carbonyl (C=O) groups excluding carboxylic acids is 2. The van der Waals surface area contributed by atoms with Gasteiger partial charge in [0.1, 0.15) is 17.2 Å². The fraction of sp³-hybridized carbons (Fsp3) is 0.167. The van der Waals surface area contributed by atoms with Gasteiger partial charge in [0.25, 0.3) is 5.91 Å². The molecule has 0 bridgehead atoms. The molecule has 31 heavy (non-hydrogen) atoms. The Morgan fingerprint density at radius 3 is 1.90 bits per heavy atom. The third-order valence-corrected chi connectivity index (χ3v) is 4.42. The topological polar surface area (TPSA) is 85.9 Å². The van der Waals surface area contributed by atoms with Crippen LogP contribution in [0.25, 0.3) is 0 Å². The first-order valence-corrected chi connectivity index (χ1v) is 9.71. The maximum atomic E-state index is 12.5. The number of benzene rings is 3. The molecule has 0 aliphatic carbocycles. The molecule has 0 radical (unpaired) electrons. The van der Waals surface area contributed by atoms with Crippen molar-refractivity contribution in [3.8, 4) is 17.2 Å². The van der Waals surface area contributed by atoms with Crippen molar-refractivity contribution in [1.29, 1.82) is 0 Å². The van der Waals surface area contributed by atoms with Crippen molar-refractivity contribution in [3.05, 3.63) is 78.4 Å². The van der Waals surface area contributed by atoms with E-state index in [1.54, 1.807) is 36.4 Å². The van der Waals surface area contributed by atoms with Gasteiger partial charge in [-0.3, -0.25) is 9.59 Å². The molecular weight excluding hydrogens is 396 g/mol. The molecule has 2 N–H and O–H groups in total. The van der Waals surface area contributed by atoms with Gasteiger partial charge < -0.3 is 24.8 Å². The molecule has 0 aliphatic heterocycles. The average molecular weight is 420 g/mol. The Morgan fingerprint density at radius 2 is 1.32 bits per heavy atom. The summed E-state index contributed by atoms with van der Waals surface area (Å²) in [6, 6.07) is 21.3. The fourth-order valence-corrected chi connectivity index (χ4v) is 2.87. The molecule has 0 aromatic heterocycles. The summed E-state index contributed by atoms with van der Waals surface area (Å²) in [5.74, 6) is 0.962. The van der Waals surface area contributed by atoms with E-state index in [9.17, 15) is 9.59 Å². The van der Waals surface area contributed by atoms with Crippen molar-refractivity contribution in [2.45, 2.75) is 6.42 Å². The number of anilines is 2. The van der Waals surface area contributed by atoms with Crippen LogP contribution in [-0.2, 0) is 4.79 Å². The largest absolute Gasteiger partial charge is 0.494 e. The number of methoxy groups -OCH3 is 2. The Labute approximate surface area is 180 Å². The lowest BCUT2D eigenvalue weighted by Crippen LogP contribution is -2.16. The minimum absolute atomic E-state index is 0.160. The molecule has 0 heterocycles. The summed E-state index contributed by atoms with van der Waals surface area (Å²) in [7, 11) is 2.97. The molecule has 160 valence electrons. The van der Waals surface area contributed by atoms with Crippen LogP contribution in [0.1, 0.15) is 16.8 Å². The number of amides is 2. The minimum Gasteiger partial charge on any atom is -0.494 e. The summed E-state index contributed by atoms with van der Waals surface area (Å²) in [5.41, 5.74) is 1.37. The molecule has 0 aliphatic rings. The van der Waals surface area contributed by atoms with E-state index in [1.165, 1.54) is 14.2 Å². The number of para-hydroxylation sites is 1. The molecule has 3 rings (SSSR count). The van der Waals surface area contributed by atoms with Gasteiger partial charge >= 0.3 is 0 Å². The highest BCUT2D eigenvalue weighted by Gasteiger charge is 2.16. The molecular formula is C24H24N2O5. The van der Waals surface area contributed by atoms with Gasteiger partial charge in [0.15, 0.2) is 0 Å². The zero-order valence-corrected chi connectivity index (χ0v) is 17.4. The first kappa shape index (κ1) is 21.7. The van der Waals surface area contributed by atoms with Gasteiger partial charge in [-0.2, -0.15) is 0 Å². The average Bonchev–Trinajstić information content (AvgIpc) is 2.81. The number of ether oxygens (including phenoxy) is 3. The van der Waals surface area contributed by atoms with Crippen molar-refractivity contribution in [3.63, 3.8) is 0 Å². The summed E-state index contributed by atoms with van der Waals surface area (Å²) >= 11 is 0. The van der Waals surface area contributed by atoms with Crippen LogP contribution in [0, 0.1) is 0 Å². The SMILES string of the molecule is COc1cc(NC(=O)c2ccccc2)c(OC)cc1NC(=O)CCOc1ccccc1. The Balaban J connectivity index is 1.67. The van der Waals surface area contributed by atoms with Gasteiger partial charge in [-0.1, -0.05) is 36.4 Å². The summed E-state index contributed by atoms with van der Waals surface area (Å²) in [6.07, 6.45) is 0.160. The maximum absolute atomic E-state index is 12.5. The van der Waals surface area contributed by atoms with Gasteiger partial charge in [0.2, 0.25) is 5.91 Å². The quantitative estimate of drug-likeness (QED) is 0.537. The van der Waals surface area contributed by atoms with E-state index in [2.05, 4.69) is 10.6 Å². The van der Waals surface area contributed by atoms with Crippen LogP contribution in [-0.4, -0.2) is 32.6 Å². The van der Waals surface area contributed by atoms with E-state index >= 15 is 0 Å². The van der Waals surface area contributed by atoms with Gasteiger partial charge in [0.05, 0.1) is 38.6 Å². The lowest BCUT2D eigenvalue weighted by atomic mass is 10.2. The Morgan fingerprint density at radius 1 is 0.774 bits per heavy atom. The molecule has 0 saturated heterocycles. The van der Waals surface area contributed by atoms with E-state index < -0.39 is 0 Å². The van der Waals surface area contributed by atoms with Crippen LogP contribution < -0.4 is 24.8 Å². The summed E-state index contributed by atoms with van der Waals surface area (Å²) < 4.78 is 16.3. The molecule has 0 saturated carbocycles. The lowest BCUT2D eigenvalue weighted by molar-refractivity contribution is -0.116. The van der Waals surface area contributed by atoms with Crippen molar-refractivity contribution in [1.82, 2.24) is 0 Å². The summed E-state index contributed by atoms with van der Waals surface area (Å²) in [6.45, 7) is 0.237. The molecule has 3 aromatic rings. The number of nitrogens with one attached hydrogen (secondary N) is 2. The van der Waals surface area contributed by atoms with E-state index in [0.29, 0.717) is 34.2 Å². The van der Waals surface area contributed by atoms with E-state index in [1.807, 2.05) is 36.4 Å². The normalized spacial score (nSPS) is 10.1. The second kappa shape index (κ2) is 10.7. The highest BCUT2D eigenvalue weighted by atomic mass is 16.5. The van der Waals surface area contributed by atoms with Gasteiger partial charge in [-0.15, -0.1) is 0 Å². The van der Waals surface area contributed by atoms with Gasteiger partial charge in [0, 0.05) is 17.7 Å². The van der Waals surface area contributed by atoms with Crippen LogP contribution in [0.3, 0.4) is 0 Å². The van der Waals surface area contributed by atoms with Gasteiger partial charge in [-0.05, 0) is 24.3 Å². The Hall–Kier alpha value is -4.00. The van der Waals surface area contributed by atoms with Crippen molar-refractivity contribution < 1.29 is 23.8 Å². The van der Waals surface area contributed by atoms with Crippen LogP contribution in [0.5, 0.6) is 17.2 Å². The van der Waals surface area contributed by atoms with Crippen LogP contribution in [0.2, 0.25) is 0 Å². The smallest absolute Gasteiger partial charge is 0.255 e. The van der Waals surface area contributed by atoms with E-state index in [0.717, 1.165) is 0 Å². The number of rotatable bonds is 9. The summed E-state index contributed by atoms with van der Waals surface area (Å²) in [4.78, 5) is 24.8. The molecule has 3 aromatic carbocycles. The maximum Gasteiger partial charge on any atom is 0.255 e. The van der Waals surface area contributed by atoms with Crippen LogP contribution >= 0.6 is 0 Å². The van der Waals surface area contributed by atoms with Crippen molar-refractivity contribution in [2.24, 2.45) is 0 Å². The monoisotopic (exact) mass is 420 g/mol. The first-order chi connectivity index (χ1) is 15.1. The number of hydrogen-bond acceptors (Lipinski definition) is 5. The molecule has 7 nitrogen and oxygen atoms in total. The fourth-order valence-electron chi connectivity index (χ4n) is 2.87. The molecule has 0 spiro atoms. The lowest BCUT2D eigenvalue weighted by Gasteiger charge is -2.16. The number of hydrogen-bond donors (Lipinski definition) is 2. The van der Waals surface area contributed by atoms with Crippen molar-refractivity contribution >= 4 is 23.2 Å². The van der Waals surface area contributed by atoms with Gasteiger partial charge in [-0.25, -0.2) is 0 Å². The van der Waals surface area contributed by atoms with E-state index in [-0.39, 0.29) is 24.8 Å². The highest BCUT2D eigenvalue weighted by molar-refractivity contribution is 6.05. The summed E-state index contributed by atoms with van der Waals surface area (Å²) in [5, 5.41) is 5.61. The second-order valence-electron chi connectivity index (χ2n) is 6.53. The predicted octanol–water partition coefficient (Wildman–Crippen LogP) is 4.36. The van der Waals surface area contributed by atoms with Crippen molar-refractivity contribution in [2.75, 3.05) is 31.5 Å². The third kappa shape index (κ3) is 5.99. The predicted molar refractivity (Wildman–Crippen MR) is 119 cm³/mol. The molecule has 0 unspecified atom stereocenters. The van der Waals surface area contributed by atoms with Crippen LogP contribution in [0.4, 0.5) is 11.4 Å². The zero-order valence-electron chi connectivity index (χ0n) is 17.4. The molecule has 7 heteroatoms. The minimum atomic E-state index is -0.282. The zero-order chi connectivity index (χ0) is 22.1. The number of carbonyl (C=O) groups is 2. The second-order valence-corrected chi connectivity index (χ2v) is 6.53. The first-order valence-electron chi connectivity index (χ1n) is 9.71. The Bertz CT molecular complexity index is 1020. The van der Waals surface area contributed by atoms with E-state index in [4.69, 9.17) is 14.2 Å². The van der Waals surface area contributed by atoms with Crippen LogP contribution in [0.15, 0.2) is 72.8 Å². The molecule has 2 amide bonds. The molecule has 0 atom stereocenters. The Kier molecular flexibility index (Phi) is 7.48. The standard InChI is InChI=1S/C24H24N2O5/c1-29-21-16-20(26-24(28)17-9-5-3-6-10-17)22(30-2)15-19(21)25-23(27)13-14-31-18-11-7-4-8-12-18/h3-12,15-16H,13-14H2,1-2H3,(H,25,27)(H,26,28). The molecule has 0 fully saturated rings.